The average Bonchev–Trinajstić information content (AvgIpc) is 2.92. The number of rotatable bonds is 1. The zero-order valence-corrected chi connectivity index (χ0v) is 11.8. The minimum absolute atomic E-state index is 0.171. The second-order valence-corrected chi connectivity index (χ2v) is 6.08. The van der Waals surface area contributed by atoms with Gasteiger partial charge in [-0.05, 0) is 37.4 Å². The maximum atomic E-state index is 12.9. The van der Waals surface area contributed by atoms with Gasteiger partial charge in [0.15, 0.2) is 0 Å². The molecule has 1 fully saturated rings. The van der Waals surface area contributed by atoms with Crippen LogP contribution in [0.2, 0.25) is 0 Å². The fourth-order valence-electron chi connectivity index (χ4n) is 3.52. The Morgan fingerprint density at radius 3 is 2.19 bits per heavy atom. The Hall–Kier alpha value is -2.20. The van der Waals surface area contributed by atoms with Crippen LogP contribution in [0.5, 0.6) is 0 Å². The van der Waals surface area contributed by atoms with Gasteiger partial charge in [0.05, 0.1) is 5.54 Å². The van der Waals surface area contributed by atoms with E-state index in [2.05, 4.69) is 5.32 Å². The maximum Gasteiger partial charge on any atom is 0.261 e. The molecular weight excluding hydrogens is 264 g/mol. The summed E-state index contributed by atoms with van der Waals surface area (Å²) in [6, 6.07) is 11.3. The largest absolute Gasteiger partial charge is 0.314 e. The first-order chi connectivity index (χ1) is 10.1. The highest BCUT2D eigenvalue weighted by molar-refractivity contribution is 6.25. The van der Waals surface area contributed by atoms with Crippen LogP contribution < -0.4 is 5.32 Å². The van der Waals surface area contributed by atoms with Crippen molar-refractivity contribution in [2.24, 2.45) is 0 Å². The highest BCUT2D eigenvalue weighted by Crippen LogP contribution is 2.35. The van der Waals surface area contributed by atoms with Gasteiger partial charge in [-0.15, -0.1) is 0 Å². The first kappa shape index (κ1) is 12.5. The molecule has 2 aromatic carbocycles. The molecule has 2 aliphatic rings. The second kappa shape index (κ2) is 4.15. The SMILES string of the molecule is CC1(N2C(=O)c3cccc4cccc(c34)C2=O)CCNC1. The maximum absolute atomic E-state index is 12.9. The Bertz CT molecular complexity index is 725. The molecule has 2 amide bonds. The molecule has 2 heterocycles. The molecule has 4 rings (SSSR count). The van der Waals surface area contributed by atoms with Crippen molar-refractivity contribution in [3.05, 3.63) is 47.5 Å². The van der Waals surface area contributed by atoms with Crippen molar-refractivity contribution in [3.8, 4) is 0 Å². The molecule has 0 spiro atoms. The van der Waals surface area contributed by atoms with E-state index in [9.17, 15) is 9.59 Å². The number of hydrogen-bond donors (Lipinski definition) is 1. The predicted molar refractivity (Wildman–Crippen MR) is 80.3 cm³/mol. The molecule has 1 saturated heterocycles. The van der Waals surface area contributed by atoms with Gasteiger partial charge in [0.1, 0.15) is 0 Å². The lowest BCUT2D eigenvalue weighted by atomic mass is 9.89. The molecule has 106 valence electrons. The van der Waals surface area contributed by atoms with Gasteiger partial charge in [-0.2, -0.15) is 0 Å². The van der Waals surface area contributed by atoms with E-state index in [1.54, 1.807) is 0 Å². The third-order valence-electron chi connectivity index (χ3n) is 4.66. The van der Waals surface area contributed by atoms with E-state index in [1.165, 1.54) is 4.90 Å². The van der Waals surface area contributed by atoms with Gasteiger partial charge >= 0.3 is 0 Å². The van der Waals surface area contributed by atoms with Crippen LogP contribution in [0.15, 0.2) is 36.4 Å². The number of carbonyl (C=O) groups excluding carboxylic acids is 2. The summed E-state index contributed by atoms with van der Waals surface area (Å²) < 4.78 is 0. The van der Waals surface area contributed by atoms with Gasteiger partial charge in [0.25, 0.3) is 11.8 Å². The summed E-state index contributed by atoms with van der Waals surface area (Å²) in [5.41, 5.74) is 0.829. The van der Waals surface area contributed by atoms with Gasteiger partial charge in [-0.25, -0.2) is 0 Å². The summed E-state index contributed by atoms with van der Waals surface area (Å²) in [6.07, 6.45) is 0.794. The second-order valence-electron chi connectivity index (χ2n) is 6.08. The molecule has 0 aromatic heterocycles. The fourth-order valence-corrected chi connectivity index (χ4v) is 3.52. The summed E-state index contributed by atoms with van der Waals surface area (Å²) in [5, 5.41) is 4.99. The van der Waals surface area contributed by atoms with E-state index >= 15 is 0 Å². The Morgan fingerprint density at radius 1 is 1.05 bits per heavy atom. The Kier molecular flexibility index (Phi) is 2.48. The first-order valence-electron chi connectivity index (χ1n) is 7.23. The molecule has 0 bridgehead atoms. The first-order valence-corrected chi connectivity index (χ1v) is 7.23. The Balaban J connectivity index is 1.97. The van der Waals surface area contributed by atoms with E-state index in [-0.39, 0.29) is 11.8 Å². The molecule has 0 aliphatic carbocycles. The molecule has 1 atom stereocenters. The molecule has 1 N–H and O–H groups in total. The van der Waals surface area contributed by atoms with Crippen molar-refractivity contribution in [2.75, 3.05) is 13.1 Å². The van der Waals surface area contributed by atoms with Crippen LogP contribution in [-0.4, -0.2) is 35.3 Å². The summed E-state index contributed by atoms with van der Waals surface area (Å²) in [7, 11) is 0. The van der Waals surface area contributed by atoms with Crippen molar-refractivity contribution < 1.29 is 9.59 Å². The van der Waals surface area contributed by atoms with Gasteiger partial charge in [-0.1, -0.05) is 24.3 Å². The lowest BCUT2D eigenvalue weighted by Crippen LogP contribution is -2.55. The summed E-state index contributed by atoms with van der Waals surface area (Å²) in [4.78, 5) is 27.2. The van der Waals surface area contributed by atoms with E-state index in [1.807, 2.05) is 43.3 Å². The van der Waals surface area contributed by atoms with Crippen molar-refractivity contribution in [1.82, 2.24) is 10.2 Å². The highest BCUT2D eigenvalue weighted by atomic mass is 16.2. The molecule has 2 aromatic rings. The number of benzene rings is 2. The summed E-state index contributed by atoms with van der Waals surface area (Å²) >= 11 is 0. The molecule has 4 nitrogen and oxygen atoms in total. The molecule has 1 unspecified atom stereocenters. The monoisotopic (exact) mass is 280 g/mol. The quantitative estimate of drug-likeness (QED) is 0.815. The van der Waals surface area contributed by atoms with Crippen molar-refractivity contribution in [1.29, 1.82) is 0 Å². The average molecular weight is 280 g/mol. The van der Waals surface area contributed by atoms with Gasteiger partial charge < -0.3 is 5.32 Å². The fraction of sp³-hybridized carbons (Fsp3) is 0.294. The van der Waals surface area contributed by atoms with Crippen LogP contribution in [-0.2, 0) is 0 Å². The van der Waals surface area contributed by atoms with Gasteiger partial charge in [0.2, 0.25) is 0 Å². The number of carbonyl (C=O) groups is 2. The lowest BCUT2D eigenvalue weighted by Gasteiger charge is -2.39. The molecule has 4 heteroatoms. The van der Waals surface area contributed by atoms with E-state index in [0.717, 1.165) is 23.7 Å². The topological polar surface area (TPSA) is 49.4 Å². The Labute approximate surface area is 122 Å². The van der Waals surface area contributed by atoms with E-state index in [0.29, 0.717) is 17.7 Å². The van der Waals surface area contributed by atoms with Gasteiger partial charge in [-0.3, -0.25) is 14.5 Å². The lowest BCUT2D eigenvalue weighted by molar-refractivity contribution is 0.0434. The van der Waals surface area contributed by atoms with Gasteiger partial charge in [0, 0.05) is 23.1 Å². The summed E-state index contributed by atoms with van der Waals surface area (Å²) in [6.45, 7) is 3.47. The Morgan fingerprint density at radius 2 is 1.67 bits per heavy atom. The molecule has 21 heavy (non-hydrogen) atoms. The normalized spacial score (nSPS) is 24.9. The standard InChI is InChI=1S/C17H16N2O2/c1-17(8-9-18-10-17)19-15(20)12-6-2-4-11-5-3-7-13(14(11)12)16(19)21/h2-7,18H,8-10H2,1H3. The van der Waals surface area contributed by atoms with Crippen molar-refractivity contribution >= 4 is 22.6 Å². The third-order valence-corrected chi connectivity index (χ3v) is 4.66. The molecule has 2 aliphatic heterocycles. The molecule has 0 radical (unpaired) electrons. The van der Waals surface area contributed by atoms with Crippen LogP contribution >= 0.6 is 0 Å². The van der Waals surface area contributed by atoms with Crippen LogP contribution in [0.1, 0.15) is 34.1 Å². The summed E-state index contributed by atoms with van der Waals surface area (Å²) in [5.74, 6) is -0.342. The zero-order valence-electron chi connectivity index (χ0n) is 11.8. The number of imide groups is 1. The van der Waals surface area contributed by atoms with Crippen molar-refractivity contribution in [2.45, 2.75) is 18.9 Å². The van der Waals surface area contributed by atoms with Crippen LogP contribution in [0.3, 0.4) is 0 Å². The number of nitrogens with zero attached hydrogens (tertiary/aromatic N) is 1. The predicted octanol–water partition coefficient (Wildman–Crippen LogP) is 2.19. The third kappa shape index (κ3) is 1.59. The molecule has 0 saturated carbocycles. The number of hydrogen-bond acceptors (Lipinski definition) is 3. The minimum atomic E-state index is -0.441. The van der Waals surface area contributed by atoms with Crippen LogP contribution in [0.4, 0.5) is 0 Å². The molecular formula is C17H16N2O2. The minimum Gasteiger partial charge on any atom is -0.314 e. The number of nitrogens with one attached hydrogen (secondary N) is 1. The van der Waals surface area contributed by atoms with E-state index < -0.39 is 5.54 Å². The van der Waals surface area contributed by atoms with Crippen molar-refractivity contribution in [3.63, 3.8) is 0 Å². The van der Waals surface area contributed by atoms with Crippen LogP contribution in [0.25, 0.3) is 10.8 Å². The zero-order chi connectivity index (χ0) is 14.6. The highest BCUT2D eigenvalue weighted by Gasteiger charge is 2.45. The van der Waals surface area contributed by atoms with E-state index in [4.69, 9.17) is 0 Å². The number of amides is 2. The smallest absolute Gasteiger partial charge is 0.261 e. The van der Waals surface area contributed by atoms with Crippen LogP contribution in [0, 0.1) is 0 Å².